The lowest BCUT2D eigenvalue weighted by molar-refractivity contribution is -0.387. The molecule has 1 saturated heterocycles. The molecule has 1 fully saturated rings. The largest absolute Gasteiger partial charge is 0.312 e. The van der Waals surface area contributed by atoms with Crippen molar-refractivity contribution in [1.29, 1.82) is 0 Å². The number of hydrogen-bond acceptors (Lipinski definition) is 5. The number of nitrogens with zero attached hydrogens (tertiary/aromatic N) is 1. The van der Waals surface area contributed by atoms with Gasteiger partial charge in [0.1, 0.15) is 6.17 Å². The molecule has 0 amide bonds. The third-order valence-electron chi connectivity index (χ3n) is 2.97. The summed E-state index contributed by atoms with van der Waals surface area (Å²) in [6.45, 7) is 0.476. The smallest absolute Gasteiger partial charge is 0.289 e. The van der Waals surface area contributed by atoms with Crippen LogP contribution in [-0.4, -0.2) is 38.6 Å². The Balaban J connectivity index is 2.24. The van der Waals surface area contributed by atoms with Crippen LogP contribution in [-0.2, 0) is 10.0 Å². The molecule has 2 atom stereocenters. The van der Waals surface area contributed by atoms with Crippen LogP contribution in [0, 0.1) is 10.1 Å². The van der Waals surface area contributed by atoms with Gasteiger partial charge in [0.25, 0.3) is 5.69 Å². The number of rotatable bonds is 4. The van der Waals surface area contributed by atoms with E-state index in [4.69, 9.17) is 0 Å². The number of nitro groups is 1. The number of halogens is 1. The lowest BCUT2D eigenvalue weighted by Gasteiger charge is -2.26. The van der Waals surface area contributed by atoms with Crippen LogP contribution < -0.4 is 10.0 Å². The van der Waals surface area contributed by atoms with Gasteiger partial charge in [0.2, 0.25) is 10.0 Å². The molecular weight excluding hydrogens is 289 g/mol. The average Bonchev–Trinajstić information content (AvgIpc) is 2.38. The molecule has 1 heterocycles. The Hall–Kier alpha value is -1.58. The molecule has 1 aliphatic heterocycles. The van der Waals surface area contributed by atoms with Crippen molar-refractivity contribution >= 4 is 15.7 Å². The minimum Gasteiger partial charge on any atom is -0.312 e. The second-order valence-corrected chi connectivity index (χ2v) is 6.22. The van der Waals surface area contributed by atoms with Crippen LogP contribution in [0.1, 0.15) is 6.42 Å². The Bertz CT molecular complexity index is 607. The van der Waals surface area contributed by atoms with Crippen molar-refractivity contribution in [1.82, 2.24) is 10.0 Å². The fraction of sp³-hybridized carbons (Fsp3) is 0.455. The Labute approximate surface area is 115 Å². The number of alkyl halides is 1. The summed E-state index contributed by atoms with van der Waals surface area (Å²) in [6, 6.07) is 4.44. The van der Waals surface area contributed by atoms with E-state index in [1.54, 1.807) is 0 Å². The fourth-order valence-corrected chi connectivity index (χ4v) is 3.52. The van der Waals surface area contributed by atoms with Gasteiger partial charge in [-0.3, -0.25) is 10.1 Å². The van der Waals surface area contributed by atoms with Crippen molar-refractivity contribution < 1.29 is 17.7 Å². The number of para-hydroxylation sites is 1. The maximum Gasteiger partial charge on any atom is 0.289 e. The SMILES string of the molecule is O=[N+]([O-])c1ccccc1S(=O)(=O)N[C@H]1CNC[C@H](F)C1. The maximum atomic E-state index is 13.2. The summed E-state index contributed by atoms with van der Waals surface area (Å²) < 4.78 is 39.8. The Kier molecular flexibility index (Phi) is 4.31. The predicted octanol–water partition coefficient (Wildman–Crippen LogP) is 0.573. The number of nitro benzene ring substituents is 1. The zero-order valence-corrected chi connectivity index (χ0v) is 11.3. The van der Waals surface area contributed by atoms with E-state index >= 15 is 0 Å². The Morgan fingerprint density at radius 2 is 2.05 bits per heavy atom. The van der Waals surface area contributed by atoms with Crippen molar-refractivity contribution in [3.8, 4) is 0 Å². The van der Waals surface area contributed by atoms with Gasteiger partial charge in [0.05, 0.1) is 4.92 Å². The van der Waals surface area contributed by atoms with E-state index in [1.807, 2.05) is 0 Å². The van der Waals surface area contributed by atoms with Gasteiger partial charge in [0, 0.05) is 25.2 Å². The van der Waals surface area contributed by atoms with Crippen LogP contribution in [0.15, 0.2) is 29.2 Å². The van der Waals surface area contributed by atoms with Crippen LogP contribution in [0.3, 0.4) is 0 Å². The highest BCUT2D eigenvalue weighted by atomic mass is 32.2. The second-order valence-electron chi connectivity index (χ2n) is 4.53. The summed E-state index contributed by atoms with van der Waals surface area (Å²) in [5, 5.41) is 13.6. The molecule has 0 unspecified atom stereocenters. The highest BCUT2D eigenvalue weighted by Gasteiger charge is 2.30. The Morgan fingerprint density at radius 3 is 2.70 bits per heavy atom. The third-order valence-corrected chi connectivity index (χ3v) is 4.54. The molecule has 1 aromatic carbocycles. The van der Waals surface area contributed by atoms with Gasteiger partial charge in [-0.2, -0.15) is 0 Å². The van der Waals surface area contributed by atoms with Gasteiger partial charge in [-0.05, 0) is 12.5 Å². The molecule has 2 N–H and O–H groups in total. The Morgan fingerprint density at radius 1 is 1.35 bits per heavy atom. The van der Waals surface area contributed by atoms with Crippen molar-refractivity contribution in [2.75, 3.05) is 13.1 Å². The molecule has 20 heavy (non-hydrogen) atoms. The van der Waals surface area contributed by atoms with Crippen LogP contribution >= 0.6 is 0 Å². The molecule has 0 aromatic heterocycles. The minimum absolute atomic E-state index is 0.0485. The summed E-state index contributed by atoms with van der Waals surface area (Å²) >= 11 is 0. The monoisotopic (exact) mass is 303 g/mol. The molecule has 1 aliphatic rings. The highest BCUT2D eigenvalue weighted by Crippen LogP contribution is 2.23. The lowest BCUT2D eigenvalue weighted by Crippen LogP contribution is -2.49. The summed E-state index contributed by atoms with van der Waals surface area (Å²) in [5.74, 6) is 0. The third kappa shape index (κ3) is 3.30. The van der Waals surface area contributed by atoms with Gasteiger partial charge >= 0.3 is 0 Å². The predicted molar refractivity (Wildman–Crippen MR) is 69.6 cm³/mol. The van der Waals surface area contributed by atoms with Gasteiger partial charge in [-0.15, -0.1) is 0 Å². The molecule has 9 heteroatoms. The molecule has 0 saturated carbocycles. The first-order valence-electron chi connectivity index (χ1n) is 6.00. The quantitative estimate of drug-likeness (QED) is 0.625. The van der Waals surface area contributed by atoms with Crippen molar-refractivity contribution in [3.63, 3.8) is 0 Å². The van der Waals surface area contributed by atoms with E-state index in [9.17, 15) is 22.9 Å². The normalized spacial score (nSPS) is 23.4. The van der Waals surface area contributed by atoms with E-state index in [1.165, 1.54) is 12.1 Å². The molecule has 2 rings (SSSR count). The summed E-state index contributed by atoms with van der Waals surface area (Å²) in [5.41, 5.74) is -0.499. The molecule has 110 valence electrons. The number of piperidine rings is 1. The van der Waals surface area contributed by atoms with Gasteiger partial charge < -0.3 is 5.32 Å². The van der Waals surface area contributed by atoms with Crippen molar-refractivity contribution in [2.24, 2.45) is 0 Å². The fourth-order valence-electron chi connectivity index (χ4n) is 2.10. The van der Waals surface area contributed by atoms with Gasteiger partial charge in [-0.1, -0.05) is 12.1 Å². The second kappa shape index (κ2) is 5.81. The zero-order chi connectivity index (χ0) is 14.8. The van der Waals surface area contributed by atoms with E-state index in [-0.39, 0.29) is 13.0 Å². The van der Waals surface area contributed by atoms with Crippen molar-refractivity contribution in [2.45, 2.75) is 23.5 Å². The molecule has 7 nitrogen and oxygen atoms in total. The van der Waals surface area contributed by atoms with E-state index in [2.05, 4.69) is 10.0 Å². The minimum atomic E-state index is -4.06. The van der Waals surface area contributed by atoms with E-state index in [0.717, 1.165) is 12.1 Å². The zero-order valence-electron chi connectivity index (χ0n) is 10.5. The van der Waals surface area contributed by atoms with Crippen molar-refractivity contribution in [3.05, 3.63) is 34.4 Å². The number of benzene rings is 1. The molecule has 0 radical (unpaired) electrons. The summed E-state index contributed by atoms with van der Waals surface area (Å²) in [7, 11) is -4.06. The molecule has 0 bridgehead atoms. The topological polar surface area (TPSA) is 101 Å². The van der Waals surface area contributed by atoms with E-state index < -0.39 is 37.7 Å². The van der Waals surface area contributed by atoms with Crippen LogP contribution in [0.2, 0.25) is 0 Å². The number of hydrogen-bond donors (Lipinski definition) is 2. The first kappa shape index (κ1) is 14.8. The first-order chi connectivity index (χ1) is 9.40. The van der Waals surface area contributed by atoms with E-state index in [0.29, 0.717) is 6.54 Å². The molecule has 0 spiro atoms. The standard InChI is InChI=1S/C11H14FN3O4S/c12-8-5-9(7-13-6-8)14-20(18,19)11-4-2-1-3-10(11)15(16)17/h1-4,8-9,13-14H,5-7H2/t8-,9-/m1/s1. The number of nitrogens with one attached hydrogen (secondary N) is 2. The van der Waals surface area contributed by atoms with Crippen LogP contribution in [0.5, 0.6) is 0 Å². The van der Waals surface area contributed by atoms with Gasteiger partial charge in [0.15, 0.2) is 4.90 Å². The summed E-state index contributed by atoms with van der Waals surface area (Å²) in [6.07, 6.45) is -1.09. The first-order valence-corrected chi connectivity index (χ1v) is 7.49. The lowest BCUT2D eigenvalue weighted by atomic mass is 10.1. The molecular formula is C11H14FN3O4S. The van der Waals surface area contributed by atoms with Crippen LogP contribution in [0.25, 0.3) is 0 Å². The summed E-state index contributed by atoms with van der Waals surface area (Å²) in [4.78, 5) is 9.68. The van der Waals surface area contributed by atoms with Gasteiger partial charge in [-0.25, -0.2) is 17.5 Å². The average molecular weight is 303 g/mol. The molecule has 0 aliphatic carbocycles. The highest BCUT2D eigenvalue weighted by molar-refractivity contribution is 7.89. The number of sulfonamides is 1. The maximum absolute atomic E-state index is 13.2. The molecule has 1 aromatic rings. The van der Waals surface area contributed by atoms with Crippen LogP contribution in [0.4, 0.5) is 10.1 Å².